The summed E-state index contributed by atoms with van der Waals surface area (Å²) in [5.41, 5.74) is 4.11. The first-order chi connectivity index (χ1) is 18.9. The summed E-state index contributed by atoms with van der Waals surface area (Å²) in [6.07, 6.45) is 0.463. The highest BCUT2D eigenvalue weighted by Gasteiger charge is 2.30. The molecule has 2 unspecified atom stereocenters. The molecule has 0 radical (unpaired) electrons. The molecule has 0 bridgehead atoms. The molecule has 1 aliphatic rings. The van der Waals surface area contributed by atoms with Gasteiger partial charge in [-0.3, -0.25) is 4.90 Å². The van der Waals surface area contributed by atoms with Gasteiger partial charge in [-0.1, -0.05) is 37.3 Å². The van der Waals surface area contributed by atoms with Gasteiger partial charge in [0.15, 0.2) is 0 Å². The third kappa shape index (κ3) is 6.89. The van der Waals surface area contributed by atoms with Crippen LogP contribution in [0, 0.1) is 0 Å². The molecule has 0 saturated carbocycles. The fourth-order valence-corrected chi connectivity index (χ4v) is 4.96. The second-order valence-electron chi connectivity index (χ2n) is 9.81. The molecule has 1 N–H and O–H groups in total. The van der Waals surface area contributed by atoms with Crippen molar-refractivity contribution < 1.29 is 14.6 Å². The number of hydrogen-bond donors (Lipinski definition) is 1. The van der Waals surface area contributed by atoms with E-state index in [0.29, 0.717) is 13.0 Å². The highest BCUT2D eigenvalue weighted by molar-refractivity contribution is 5.92. The van der Waals surface area contributed by atoms with Gasteiger partial charge >= 0.3 is 6.03 Å². The van der Waals surface area contributed by atoms with Gasteiger partial charge in [-0.2, -0.15) is 5.10 Å². The van der Waals surface area contributed by atoms with Crippen molar-refractivity contribution in [3.8, 4) is 5.75 Å². The van der Waals surface area contributed by atoms with E-state index in [2.05, 4.69) is 33.8 Å². The first-order valence-electron chi connectivity index (χ1n) is 13.5. The second kappa shape index (κ2) is 13.2. The van der Waals surface area contributed by atoms with Gasteiger partial charge in [0.1, 0.15) is 5.75 Å². The summed E-state index contributed by atoms with van der Waals surface area (Å²) in [5, 5.41) is 15.1. The molecule has 1 fully saturated rings. The van der Waals surface area contributed by atoms with Gasteiger partial charge in [-0.25, -0.2) is 9.80 Å². The number of phenols is 1. The number of carbonyl (C=O) groups is 1. The SMILES string of the molecule is C=NN(C(=O)N(C)c1ccc(N2CCN(c3ccc(O)cc3)CC2)cc1)C(CC)C(C)OCc1ccccc1. The molecule has 39 heavy (non-hydrogen) atoms. The Hall–Kier alpha value is -4.04. The molecule has 206 valence electrons. The highest BCUT2D eigenvalue weighted by Crippen LogP contribution is 2.26. The number of urea groups is 1. The van der Waals surface area contributed by atoms with Crippen LogP contribution in [0.4, 0.5) is 21.9 Å². The van der Waals surface area contributed by atoms with E-state index in [9.17, 15) is 9.90 Å². The zero-order valence-corrected chi connectivity index (χ0v) is 23.1. The third-order valence-corrected chi connectivity index (χ3v) is 7.36. The van der Waals surface area contributed by atoms with E-state index in [1.165, 1.54) is 5.01 Å². The molecule has 4 rings (SSSR count). The van der Waals surface area contributed by atoms with Crippen LogP contribution in [0.25, 0.3) is 0 Å². The van der Waals surface area contributed by atoms with E-state index in [1.807, 2.05) is 68.4 Å². The number of anilines is 3. The van der Waals surface area contributed by atoms with E-state index < -0.39 is 0 Å². The number of rotatable bonds is 10. The fourth-order valence-electron chi connectivity index (χ4n) is 4.96. The van der Waals surface area contributed by atoms with E-state index in [-0.39, 0.29) is 23.9 Å². The average molecular weight is 530 g/mol. The summed E-state index contributed by atoms with van der Waals surface area (Å²) < 4.78 is 6.10. The highest BCUT2D eigenvalue weighted by atomic mass is 16.5. The van der Waals surface area contributed by atoms with Crippen molar-refractivity contribution in [1.29, 1.82) is 0 Å². The molecule has 0 aromatic heterocycles. The zero-order chi connectivity index (χ0) is 27.8. The average Bonchev–Trinajstić information content (AvgIpc) is 2.99. The molecule has 0 aliphatic carbocycles. The summed E-state index contributed by atoms with van der Waals surface area (Å²) in [4.78, 5) is 19.7. The Morgan fingerprint density at radius 1 is 0.949 bits per heavy atom. The Morgan fingerprint density at radius 2 is 1.49 bits per heavy atom. The summed E-state index contributed by atoms with van der Waals surface area (Å²) in [6, 6.07) is 24.9. The first-order valence-corrected chi connectivity index (χ1v) is 13.5. The smallest absolute Gasteiger partial charge is 0.344 e. The van der Waals surface area contributed by atoms with E-state index in [0.717, 1.165) is 48.8 Å². The van der Waals surface area contributed by atoms with Crippen molar-refractivity contribution in [3.05, 3.63) is 84.4 Å². The number of carbonyl (C=O) groups excluding carboxylic acids is 1. The molecule has 2 amide bonds. The minimum atomic E-state index is -0.248. The third-order valence-electron chi connectivity index (χ3n) is 7.36. The summed E-state index contributed by atoms with van der Waals surface area (Å²) in [6.45, 7) is 11.7. The molecule has 8 nitrogen and oxygen atoms in total. The molecule has 2 atom stereocenters. The van der Waals surface area contributed by atoms with Crippen LogP contribution < -0.4 is 14.7 Å². The van der Waals surface area contributed by atoms with Gasteiger partial charge in [0.05, 0.1) is 18.8 Å². The fraction of sp³-hybridized carbons (Fsp3) is 0.355. The van der Waals surface area contributed by atoms with Crippen molar-refractivity contribution in [2.45, 2.75) is 39.0 Å². The summed E-state index contributed by atoms with van der Waals surface area (Å²) in [5.74, 6) is 0.282. The quantitative estimate of drug-likeness (QED) is 0.274. The predicted molar refractivity (Wildman–Crippen MR) is 159 cm³/mol. The summed E-state index contributed by atoms with van der Waals surface area (Å²) in [7, 11) is 1.76. The van der Waals surface area contributed by atoms with Crippen LogP contribution in [0.3, 0.4) is 0 Å². The van der Waals surface area contributed by atoms with Crippen LogP contribution in [0.15, 0.2) is 84.0 Å². The maximum absolute atomic E-state index is 13.5. The van der Waals surface area contributed by atoms with E-state index in [4.69, 9.17) is 4.74 Å². The molecule has 3 aromatic rings. The van der Waals surface area contributed by atoms with E-state index in [1.54, 1.807) is 24.1 Å². The number of nitrogens with zero attached hydrogens (tertiary/aromatic N) is 5. The lowest BCUT2D eigenvalue weighted by Gasteiger charge is -2.37. The van der Waals surface area contributed by atoms with Crippen LogP contribution in [-0.4, -0.2) is 68.2 Å². The minimum Gasteiger partial charge on any atom is -0.508 e. The molecule has 3 aromatic carbocycles. The maximum Gasteiger partial charge on any atom is 0.344 e. The Bertz CT molecular complexity index is 1200. The lowest BCUT2D eigenvalue weighted by Crippen LogP contribution is -2.48. The number of aromatic hydroxyl groups is 1. The Kier molecular flexibility index (Phi) is 9.44. The monoisotopic (exact) mass is 529 g/mol. The van der Waals surface area contributed by atoms with Crippen LogP contribution >= 0.6 is 0 Å². The molecule has 1 aliphatic heterocycles. The topological polar surface area (TPSA) is 71.9 Å². The van der Waals surface area contributed by atoms with Crippen LogP contribution in [0.5, 0.6) is 5.75 Å². The number of benzene rings is 3. The predicted octanol–water partition coefficient (Wildman–Crippen LogP) is 5.58. The first kappa shape index (κ1) is 28.0. The zero-order valence-electron chi connectivity index (χ0n) is 23.1. The standard InChI is InChI=1S/C31H39N5O3/c1-5-30(24(2)39-23-25-9-7-6-8-10-25)36(32-3)31(38)33(4)26-11-13-27(14-12-26)34-19-21-35(22-20-34)28-15-17-29(37)18-16-28/h6-18,24,30,37H,3,5,19-23H2,1-2,4H3. The Labute approximate surface area is 231 Å². The van der Waals surface area contributed by atoms with E-state index >= 15 is 0 Å². The van der Waals surface area contributed by atoms with Crippen molar-refractivity contribution in [1.82, 2.24) is 5.01 Å². The number of phenolic OH excluding ortho intramolecular Hbond substituents is 1. The number of ether oxygens (including phenoxy) is 1. The lowest BCUT2D eigenvalue weighted by atomic mass is 10.1. The minimum absolute atomic E-state index is 0.222. The van der Waals surface area contributed by atoms with Crippen molar-refractivity contribution in [2.75, 3.05) is 47.9 Å². The lowest BCUT2D eigenvalue weighted by molar-refractivity contribution is -0.00180. The van der Waals surface area contributed by atoms with Gasteiger partial charge in [-0.15, -0.1) is 0 Å². The number of hydrogen-bond acceptors (Lipinski definition) is 6. The van der Waals surface area contributed by atoms with Crippen LogP contribution in [0.2, 0.25) is 0 Å². The number of hydrazone groups is 1. The van der Waals surface area contributed by atoms with Gasteiger partial charge in [-0.05, 0) is 67.4 Å². The van der Waals surface area contributed by atoms with Gasteiger partial charge in [0.25, 0.3) is 0 Å². The largest absolute Gasteiger partial charge is 0.508 e. The molecule has 1 saturated heterocycles. The molecular formula is C31H39N5O3. The van der Waals surface area contributed by atoms with Crippen LogP contribution in [0.1, 0.15) is 25.8 Å². The second-order valence-corrected chi connectivity index (χ2v) is 9.81. The van der Waals surface area contributed by atoms with Crippen LogP contribution in [-0.2, 0) is 11.3 Å². The van der Waals surface area contributed by atoms with Crippen molar-refractivity contribution >= 4 is 29.8 Å². The van der Waals surface area contributed by atoms with Crippen molar-refractivity contribution in [2.24, 2.45) is 5.10 Å². The van der Waals surface area contributed by atoms with Gasteiger partial charge in [0, 0.05) is 57.0 Å². The molecule has 0 spiro atoms. The normalized spacial score (nSPS) is 14.9. The molecule has 1 heterocycles. The molecule has 8 heteroatoms. The Morgan fingerprint density at radius 3 is 2.00 bits per heavy atom. The van der Waals surface area contributed by atoms with Crippen molar-refractivity contribution in [3.63, 3.8) is 0 Å². The number of piperazine rings is 1. The Balaban J connectivity index is 1.35. The molecular weight excluding hydrogens is 490 g/mol. The van der Waals surface area contributed by atoms with Gasteiger partial charge in [0.2, 0.25) is 0 Å². The number of amides is 2. The maximum atomic E-state index is 13.5. The summed E-state index contributed by atoms with van der Waals surface area (Å²) >= 11 is 0. The van der Waals surface area contributed by atoms with Gasteiger partial charge < -0.3 is 19.6 Å².